The van der Waals surface area contributed by atoms with Crippen LogP contribution in [0.5, 0.6) is 0 Å². The van der Waals surface area contributed by atoms with Gasteiger partial charge in [-0.3, -0.25) is 0 Å². The number of rotatable bonds is 6. The van der Waals surface area contributed by atoms with E-state index < -0.39 is 15.1 Å². The summed E-state index contributed by atoms with van der Waals surface area (Å²) in [5.41, 5.74) is 2.62. The first-order chi connectivity index (χ1) is 11.5. The van der Waals surface area contributed by atoms with Gasteiger partial charge in [0.1, 0.15) is 0 Å². The first-order valence-electron chi connectivity index (χ1n) is 8.27. The maximum absolute atomic E-state index is 13.0. The van der Waals surface area contributed by atoms with Gasteiger partial charge in [0.2, 0.25) is 15.0 Å². The molecule has 0 amide bonds. The van der Waals surface area contributed by atoms with Crippen LogP contribution in [0.3, 0.4) is 0 Å². The molecule has 0 fully saturated rings. The molecule has 3 aromatic rings. The third-order valence-corrected chi connectivity index (χ3v) is 6.40. The number of benzene rings is 2. The third-order valence-electron chi connectivity index (χ3n) is 4.28. The second-order valence-electron chi connectivity index (χ2n) is 6.10. The summed E-state index contributed by atoms with van der Waals surface area (Å²) in [7, 11) is -3.46. The predicted octanol–water partition coefficient (Wildman–Crippen LogP) is 4.05. The summed E-state index contributed by atoms with van der Waals surface area (Å²) in [4.78, 5) is 4.46. The quantitative estimate of drug-likeness (QED) is 0.679. The first-order valence-corrected chi connectivity index (χ1v) is 9.81. The standard InChI is InChI=1S/C19H22N2O2S/c1-3-9-15(2)24(22,23)19-20-17-12-7-8-13-18(17)21(19)14-16-10-5-4-6-11-16/h4-8,10-13,15H,3,9,14H2,1-2H3. The largest absolute Gasteiger partial charge is 0.310 e. The summed E-state index contributed by atoms with van der Waals surface area (Å²) in [6, 6.07) is 17.5. The van der Waals surface area contributed by atoms with Crippen molar-refractivity contribution >= 4 is 20.9 Å². The lowest BCUT2D eigenvalue weighted by Gasteiger charge is -2.14. The third kappa shape index (κ3) is 3.08. The van der Waals surface area contributed by atoms with Crippen LogP contribution in [0.25, 0.3) is 11.0 Å². The number of para-hydroxylation sites is 2. The van der Waals surface area contributed by atoms with E-state index in [0.717, 1.165) is 23.0 Å². The number of hydrogen-bond acceptors (Lipinski definition) is 3. The zero-order valence-electron chi connectivity index (χ0n) is 14.0. The van der Waals surface area contributed by atoms with Crippen LogP contribution in [-0.4, -0.2) is 23.2 Å². The van der Waals surface area contributed by atoms with E-state index in [9.17, 15) is 8.42 Å². The molecule has 0 bridgehead atoms. The van der Waals surface area contributed by atoms with E-state index >= 15 is 0 Å². The molecule has 0 spiro atoms. The summed E-state index contributed by atoms with van der Waals surface area (Å²) in [6.07, 6.45) is 1.47. The Morgan fingerprint density at radius 3 is 2.42 bits per heavy atom. The van der Waals surface area contributed by atoms with Crippen molar-refractivity contribution in [3.63, 3.8) is 0 Å². The number of nitrogens with zero attached hydrogens (tertiary/aromatic N) is 2. The fourth-order valence-corrected chi connectivity index (χ4v) is 4.53. The van der Waals surface area contributed by atoms with Crippen LogP contribution in [0.15, 0.2) is 59.8 Å². The summed E-state index contributed by atoms with van der Waals surface area (Å²) in [6.45, 7) is 4.26. The minimum absolute atomic E-state index is 0.175. The fourth-order valence-electron chi connectivity index (χ4n) is 2.93. The Morgan fingerprint density at radius 1 is 1.04 bits per heavy atom. The van der Waals surface area contributed by atoms with Crippen LogP contribution in [0.4, 0.5) is 0 Å². The second kappa shape index (κ2) is 6.77. The topological polar surface area (TPSA) is 52.0 Å². The van der Waals surface area contributed by atoms with Crippen LogP contribution < -0.4 is 0 Å². The minimum atomic E-state index is -3.46. The van der Waals surface area contributed by atoms with Crippen molar-refractivity contribution in [2.75, 3.05) is 0 Å². The highest BCUT2D eigenvalue weighted by Gasteiger charge is 2.29. The molecule has 0 saturated carbocycles. The van der Waals surface area contributed by atoms with Crippen LogP contribution in [0.1, 0.15) is 32.3 Å². The van der Waals surface area contributed by atoms with Crippen molar-refractivity contribution in [2.24, 2.45) is 0 Å². The highest BCUT2D eigenvalue weighted by molar-refractivity contribution is 7.91. The Bertz CT molecular complexity index is 930. The molecule has 0 aliphatic heterocycles. The van der Waals surface area contributed by atoms with E-state index in [-0.39, 0.29) is 5.16 Å². The van der Waals surface area contributed by atoms with E-state index in [2.05, 4.69) is 4.98 Å². The second-order valence-corrected chi connectivity index (χ2v) is 8.36. The zero-order valence-corrected chi connectivity index (χ0v) is 14.8. The minimum Gasteiger partial charge on any atom is -0.310 e. The van der Waals surface area contributed by atoms with Crippen molar-refractivity contribution in [3.8, 4) is 0 Å². The highest BCUT2D eigenvalue weighted by atomic mass is 32.2. The molecule has 2 aromatic carbocycles. The Hall–Kier alpha value is -2.14. The summed E-state index contributed by atoms with van der Waals surface area (Å²) in [5.74, 6) is 0. The van der Waals surface area contributed by atoms with E-state index in [1.165, 1.54) is 0 Å². The number of sulfone groups is 1. The van der Waals surface area contributed by atoms with Crippen LogP contribution >= 0.6 is 0 Å². The molecule has 3 rings (SSSR count). The van der Waals surface area contributed by atoms with Gasteiger partial charge in [0.05, 0.1) is 22.8 Å². The van der Waals surface area contributed by atoms with Gasteiger partial charge in [-0.2, -0.15) is 0 Å². The molecule has 0 aliphatic carbocycles. The Labute approximate surface area is 143 Å². The molecule has 1 heterocycles. The number of imidazole rings is 1. The van der Waals surface area contributed by atoms with Crippen molar-refractivity contribution in [2.45, 2.75) is 43.6 Å². The van der Waals surface area contributed by atoms with Gasteiger partial charge in [-0.1, -0.05) is 55.8 Å². The van der Waals surface area contributed by atoms with Gasteiger partial charge in [0.15, 0.2) is 0 Å². The average molecular weight is 342 g/mol. The Morgan fingerprint density at radius 2 is 1.71 bits per heavy atom. The lowest BCUT2D eigenvalue weighted by molar-refractivity contribution is 0.556. The van der Waals surface area contributed by atoms with E-state index in [1.807, 2.05) is 66.1 Å². The van der Waals surface area contributed by atoms with Crippen molar-refractivity contribution in [1.82, 2.24) is 9.55 Å². The van der Waals surface area contributed by atoms with Crippen LogP contribution in [0, 0.1) is 0 Å². The molecule has 4 nitrogen and oxygen atoms in total. The SMILES string of the molecule is CCCC(C)S(=O)(=O)c1nc2ccccc2n1Cc1ccccc1. The number of aromatic nitrogens is 2. The predicted molar refractivity (Wildman–Crippen MR) is 96.8 cm³/mol. The highest BCUT2D eigenvalue weighted by Crippen LogP contribution is 2.25. The molecule has 0 saturated heterocycles. The normalized spacial score (nSPS) is 13.2. The molecule has 126 valence electrons. The van der Waals surface area contributed by atoms with Gasteiger partial charge in [-0.15, -0.1) is 0 Å². The smallest absolute Gasteiger partial charge is 0.229 e. The molecule has 0 radical (unpaired) electrons. The molecule has 0 aliphatic rings. The molecule has 5 heteroatoms. The van der Waals surface area contributed by atoms with Crippen LogP contribution in [0.2, 0.25) is 0 Å². The maximum Gasteiger partial charge on any atom is 0.229 e. The average Bonchev–Trinajstić information content (AvgIpc) is 2.95. The molecule has 24 heavy (non-hydrogen) atoms. The van der Waals surface area contributed by atoms with Gasteiger partial charge >= 0.3 is 0 Å². The molecular weight excluding hydrogens is 320 g/mol. The van der Waals surface area contributed by atoms with Crippen LogP contribution in [-0.2, 0) is 16.4 Å². The summed E-state index contributed by atoms with van der Waals surface area (Å²) >= 11 is 0. The van der Waals surface area contributed by atoms with E-state index in [4.69, 9.17) is 0 Å². The van der Waals surface area contributed by atoms with Gasteiger partial charge in [-0.05, 0) is 31.0 Å². The Balaban J connectivity index is 2.15. The lowest BCUT2D eigenvalue weighted by Crippen LogP contribution is -2.22. The summed E-state index contributed by atoms with van der Waals surface area (Å²) in [5, 5.41) is -0.262. The monoisotopic (exact) mass is 342 g/mol. The Kier molecular flexibility index (Phi) is 4.71. The van der Waals surface area contributed by atoms with E-state index in [1.54, 1.807) is 6.92 Å². The fraction of sp³-hybridized carbons (Fsp3) is 0.316. The van der Waals surface area contributed by atoms with Crippen molar-refractivity contribution in [3.05, 3.63) is 60.2 Å². The molecular formula is C19H22N2O2S. The van der Waals surface area contributed by atoms with E-state index in [0.29, 0.717) is 13.0 Å². The maximum atomic E-state index is 13.0. The van der Waals surface area contributed by atoms with Crippen molar-refractivity contribution in [1.29, 1.82) is 0 Å². The van der Waals surface area contributed by atoms with Gasteiger partial charge in [0, 0.05) is 0 Å². The molecule has 1 unspecified atom stereocenters. The van der Waals surface area contributed by atoms with Crippen molar-refractivity contribution < 1.29 is 8.42 Å². The summed E-state index contributed by atoms with van der Waals surface area (Å²) < 4.78 is 27.9. The number of fused-ring (bicyclic) bond motifs is 1. The molecule has 1 atom stereocenters. The molecule has 1 aromatic heterocycles. The number of hydrogen-bond donors (Lipinski definition) is 0. The van der Waals surface area contributed by atoms with Gasteiger partial charge in [0.25, 0.3) is 0 Å². The molecule has 0 N–H and O–H groups in total. The first kappa shape index (κ1) is 16.7. The van der Waals surface area contributed by atoms with Gasteiger partial charge in [-0.25, -0.2) is 13.4 Å². The van der Waals surface area contributed by atoms with Gasteiger partial charge < -0.3 is 4.57 Å². The zero-order chi connectivity index (χ0) is 17.2. The lowest BCUT2D eigenvalue weighted by atomic mass is 10.2.